The number of halogens is 2. The molecule has 1 saturated carbocycles. The summed E-state index contributed by atoms with van der Waals surface area (Å²) in [6, 6.07) is 1.45. The first-order valence-corrected chi connectivity index (χ1v) is 6.99. The maximum absolute atomic E-state index is 13.2. The Labute approximate surface area is 117 Å². The molecule has 104 valence electrons. The minimum atomic E-state index is -0.535. The van der Waals surface area contributed by atoms with Gasteiger partial charge in [-0.15, -0.1) is 0 Å². The van der Waals surface area contributed by atoms with Gasteiger partial charge in [0.15, 0.2) is 0 Å². The molecule has 1 aromatic rings. The van der Waals surface area contributed by atoms with Crippen LogP contribution in [-0.2, 0) is 0 Å². The van der Waals surface area contributed by atoms with Crippen LogP contribution in [0.5, 0.6) is 0 Å². The predicted octanol–water partition coefficient (Wildman–Crippen LogP) is 3.52. The first kappa shape index (κ1) is 14.3. The molecule has 1 aliphatic carbocycles. The zero-order chi connectivity index (χ0) is 14.0. The largest absolute Gasteiger partial charge is 0.336 e. The van der Waals surface area contributed by atoms with Gasteiger partial charge in [-0.25, -0.2) is 9.37 Å². The van der Waals surface area contributed by atoms with Gasteiger partial charge in [-0.2, -0.15) is 0 Å². The second kappa shape index (κ2) is 5.87. The molecular formula is C14H18ClFN2O. The van der Waals surface area contributed by atoms with Crippen molar-refractivity contribution in [1.29, 1.82) is 0 Å². The second-order valence-electron chi connectivity index (χ2n) is 5.40. The molecule has 3 nitrogen and oxygen atoms in total. The van der Waals surface area contributed by atoms with Crippen molar-refractivity contribution in [1.82, 2.24) is 9.88 Å². The number of hydrogen-bond donors (Lipinski definition) is 0. The van der Waals surface area contributed by atoms with E-state index in [-0.39, 0.29) is 22.7 Å². The molecule has 2 rings (SSSR count). The molecule has 1 amide bonds. The lowest BCUT2D eigenvalue weighted by Crippen LogP contribution is -2.35. The fourth-order valence-corrected chi connectivity index (χ4v) is 2.14. The Hall–Kier alpha value is -1.16. The van der Waals surface area contributed by atoms with Crippen LogP contribution in [0.15, 0.2) is 12.3 Å². The number of carbonyl (C=O) groups is 1. The van der Waals surface area contributed by atoms with Crippen LogP contribution in [0.2, 0.25) is 5.15 Å². The second-order valence-corrected chi connectivity index (χ2v) is 5.76. The number of carbonyl (C=O) groups excluding carboxylic acids is 1. The normalized spacial score (nSPS) is 14.8. The molecule has 19 heavy (non-hydrogen) atoms. The lowest BCUT2D eigenvalue weighted by atomic mass is 10.1. The first-order chi connectivity index (χ1) is 8.99. The Morgan fingerprint density at radius 2 is 2.26 bits per heavy atom. The summed E-state index contributed by atoms with van der Waals surface area (Å²) >= 11 is 5.90. The molecular weight excluding hydrogens is 267 g/mol. The fourth-order valence-electron chi connectivity index (χ4n) is 1.96. The molecule has 1 aromatic heterocycles. The summed E-state index contributed by atoms with van der Waals surface area (Å²) in [5.41, 5.74) is 0.164. The highest BCUT2D eigenvalue weighted by Gasteiger charge is 2.33. The number of amides is 1. The fraction of sp³-hybridized carbons (Fsp3) is 0.571. The Morgan fingerprint density at radius 1 is 1.58 bits per heavy atom. The van der Waals surface area contributed by atoms with Gasteiger partial charge >= 0.3 is 0 Å². The third-order valence-corrected chi connectivity index (χ3v) is 3.53. The first-order valence-electron chi connectivity index (χ1n) is 6.61. The topological polar surface area (TPSA) is 33.2 Å². The van der Waals surface area contributed by atoms with E-state index in [4.69, 9.17) is 11.6 Å². The average molecular weight is 285 g/mol. The standard InChI is InChI=1S/C14H18ClFN2O/c1-9(2)5-6-18(11-3-4-11)14(19)12-7-10(16)8-17-13(12)15/h7-9,11H,3-6H2,1-2H3. The molecule has 1 aliphatic rings. The molecule has 0 atom stereocenters. The van der Waals surface area contributed by atoms with Crippen molar-refractivity contribution in [2.24, 2.45) is 5.92 Å². The van der Waals surface area contributed by atoms with Crippen LogP contribution in [0.3, 0.4) is 0 Å². The van der Waals surface area contributed by atoms with Crippen LogP contribution in [0, 0.1) is 11.7 Å². The molecule has 0 aromatic carbocycles. The molecule has 0 saturated heterocycles. The number of pyridine rings is 1. The maximum atomic E-state index is 13.2. The number of nitrogens with zero attached hydrogens (tertiary/aromatic N) is 2. The Kier molecular flexibility index (Phi) is 4.40. The third-order valence-electron chi connectivity index (χ3n) is 3.23. The average Bonchev–Trinajstić information content (AvgIpc) is 3.16. The van der Waals surface area contributed by atoms with Crippen molar-refractivity contribution in [2.45, 2.75) is 39.2 Å². The van der Waals surface area contributed by atoms with E-state index in [9.17, 15) is 9.18 Å². The summed E-state index contributed by atoms with van der Waals surface area (Å²) in [4.78, 5) is 18.0. The van der Waals surface area contributed by atoms with Gasteiger partial charge in [0.05, 0.1) is 11.8 Å². The van der Waals surface area contributed by atoms with Crippen LogP contribution < -0.4 is 0 Å². The summed E-state index contributed by atoms with van der Waals surface area (Å²) in [5, 5.41) is 0.0709. The highest BCUT2D eigenvalue weighted by Crippen LogP contribution is 2.30. The van der Waals surface area contributed by atoms with Crippen molar-refractivity contribution in [2.75, 3.05) is 6.54 Å². The third kappa shape index (κ3) is 3.66. The summed E-state index contributed by atoms with van der Waals surface area (Å²) in [7, 11) is 0. The van der Waals surface area contributed by atoms with Crippen LogP contribution in [0.25, 0.3) is 0 Å². The van der Waals surface area contributed by atoms with Gasteiger partial charge in [0, 0.05) is 12.6 Å². The zero-order valence-corrected chi connectivity index (χ0v) is 12.0. The van der Waals surface area contributed by atoms with Gasteiger partial charge in [0.1, 0.15) is 11.0 Å². The smallest absolute Gasteiger partial charge is 0.257 e. The molecule has 0 unspecified atom stereocenters. The van der Waals surface area contributed by atoms with E-state index in [1.54, 1.807) is 0 Å². The lowest BCUT2D eigenvalue weighted by Gasteiger charge is -2.23. The molecule has 1 heterocycles. The molecule has 0 spiro atoms. The molecule has 0 aliphatic heterocycles. The number of rotatable bonds is 5. The minimum Gasteiger partial charge on any atom is -0.336 e. The van der Waals surface area contributed by atoms with Gasteiger partial charge in [-0.1, -0.05) is 25.4 Å². The molecule has 0 bridgehead atoms. The van der Waals surface area contributed by atoms with E-state index in [0.29, 0.717) is 12.5 Å². The summed E-state index contributed by atoms with van der Waals surface area (Å²) in [6.45, 7) is 4.92. The van der Waals surface area contributed by atoms with Crippen molar-refractivity contribution >= 4 is 17.5 Å². The monoisotopic (exact) mass is 284 g/mol. The molecule has 0 N–H and O–H groups in total. The van der Waals surface area contributed by atoms with Gasteiger partial charge < -0.3 is 4.90 Å². The van der Waals surface area contributed by atoms with Crippen molar-refractivity contribution < 1.29 is 9.18 Å². The van der Waals surface area contributed by atoms with E-state index in [2.05, 4.69) is 18.8 Å². The van der Waals surface area contributed by atoms with Gasteiger partial charge in [-0.3, -0.25) is 4.79 Å². The molecule has 5 heteroatoms. The van der Waals surface area contributed by atoms with Crippen molar-refractivity contribution in [3.63, 3.8) is 0 Å². The Balaban J connectivity index is 2.16. The van der Waals surface area contributed by atoms with Gasteiger partial charge in [-0.05, 0) is 31.2 Å². The quantitative estimate of drug-likeness (QED) is 0.775. The number of hydrogen-bond acceptors (Lipinski definition) is 2. The zero-order valence-electron chi connectivity index (χ0n) is 11.2. The molecule has 1 fully saturated rings. The summed E-state index contributed by atoms with van der Waals surface area (Å²) < 4.78 is 13.2. The summed E-state index contributed by atoms with van der Waals surface area (Å²) in [5.74, 6) is -0.220. The lowest BCUT2D eigenvalue weighted by molar-refractivity contribution is 0.0734. The summed E-state index contributed by atoms with van der Waals surface area (Å²) in [6.07, 6.45) is 3.99. The van der Waals surface area contributed by atoms with Crippen molar-refractivity contribution in [3.8, 4) is 0 Å². The van der Waals surface area contributed by atoms with Crippen LogP contribution in [-0.4, -0.2) is 28.4 Å². The molecule has 0 radical (unpaired) electrons. The Bertz CT molecular complexity index is 475. The van der Waals surface area contributed by atoms with E-state index in [0.717, 1.165) is 25.5 Å². The van der Waals surface area contributed by atoms with Crippen LogP contribution >= 0.6 is 11.6 Å². The van der Waals surface area contributed by atoms with Gasteiger partial charge in [0.25, 0.3) is 5.91 Å². The van der Waals surface area contributed by atoms with E-state index in [1.165, 1.54) is 6.07 Å². The number of aromatic nitrogens is 1. The maximum Gasteiger partial charge on any atom is 0.257 e. The van der Waals surface area contributed by atoms with Gasteiger partial charge in [0.2, 0.25) is 0 Å². The minimum absolute atomic E-state index is 0.0709. The van der Waals surface area contributed by atoms with Crippen LogP contribution in [0.1, 0.15) is 43.5 Å². The van der Waals surface area contributed by atoms with E-state index in [1.807, 2.05) is 4.90 Å². The van der Waals surface area contributed by atoms with Crippen molar-refractivity contribution in [3.05, 3.63) is 28.8 Å². The predicted molar refractivity (Wildman–Crippen MR) is 72.7 cm³/mol. The van der Waals surface area contributed by atoms with Crippen LogP contribution in [0.4, 0.5) is 4.39 Å². The highest BCUT2D eigenvalue weighted by molar-refractivity contribution is 6.32. The Morgan fingerprint density at radius 3 is 2.84 bits per heavy atom. The van der Waals surface area contributed by atoms with E-state index >= 15 is 0 Å². The highest BCUT2D eigenvalue weighted by atomic mass is 35.5. The van der Waals surface area contributed by atoms with E-state index < -0.39 is 5.82 Å². The SMILES string of the molecule is CC(C)CCN(C(=O)c1cc(F)cnc1Cl)C1CC1.